The molecule has 1 N–H and O–H groups in total. The highest BCUT2D eigenvalue weighted by atomic mass is 19.1. The zero-order valence-corrected chi connectivity index (χ0v) is 13.2. The molecule has 1 fully saturated rings. The van der Waals surface area contributed by atoms with E-state index in [9.17, 15) is 9.18 Å². The number of carbonyl (C=O) groups excluding carboxylic acids is 1. The van der Waals surface area contributed by atoms with Gasteiger partial charge in [-0.2, -0.15) is 5.10 Å². The minimum atomic E-state index is -0.275. The zero-order valence-electron chi connectivity index (χ0n) is 13.2. The first-order valence-electron chi connectivity index (χ1n) is 7.89. The standard InChI is InChI=1S/C17H21FN4O/c1-21(12-13-4-6-14(18)7-5-13)17(23)16-8-10-22(20-16)15-3-2-9-19-11-15/h4-8,10,15,19H,2-3,9,11-12H2,1H3. The highest BCUT2D eigenvalue weighted by molar-refractivity contribution is 5.91. The smallest absolute Gasteiger partial charge is 0.274 e. The van der Waals surface area contributed by atoms with Crippen molar-refractivity contribution in [3.63, 3.8) is 0 Å². The molecule has 0 spiro atoms. The second-order valence-corrected chi connectivity index (χ2v) is 5.97. The van der Waals surface area contributed by atoms with Crippen LogP contribution in [0.1, 0.15) is 34.9 Å². The maximum atomic E-state index is 12.9. The highest BCUT2D eigenvalue weighted by Crippen LogP contribution is 2.16. The van der Waals surface area contributed by atoms with Gasteiger partial charge in [0.2, 0.25) is 0 Å². The molecule has 3 rings (SSSR count). The van der Waals surface area contributed by atoms with E-state index in [1.165, 1.54) is 12.1 Å². The van der Waals surface area contributed by atoms with E-state index in [0.717, 1.165) is 31.5 Å². The van der Waals surface area contributed by atoms with Gasteiger partial charge in [0.1, 0.15) is 11.5 Å². The van der Waals surface area contributed by atoms with Crippen LogP contribution >= 0.6 is 0 Å². The Balaban J connectivity index is 1.65. The summed E-state index contributed by atoms with van der Waals surface area (Å²) in [6, 6.07) is 8.25. The summed E-state index contributed by atoms with van der Waals surface area (Å²) in [7, 11) is 1.73. The van der Waals surface area contributed by atoms with Crippen LogP contribution in [0.4, 0.5) is 4.39 Å². The van der Waals surface area contributed by atoms with Gasteiger partial charge in [-0.25, -0.2) is 4.39 Å². The van der Waals surface area contributed by atoms with Gasteiger partial charge in [0.15, 0.2) is 0 Å². The second kappa shape index (κ2) is 6.91. The fourth-order valence-corrected chi connectivity index (χ4v) is 2.85. The van der Waals surface area contributed by atoms with Crippen LogP contribution < -0.4 is 5.32 Å². The van der Waals surface area contributed by atoms with Crippen LogP contribution in [0, 0.1) is 5.82 Å². The second-order valence-electron chi connectivity index (χ2n) is 5.97. The summed E-state index contributed by atoms with van der Waals surface area (Å²) < 4.78 is 14.8. The van der Waals surface area contributed by atoms with Crippen molar-refractivity contribution in [3.05, 3.63) is 53.6 Å². The Labute approximate surface area is 135 Å². The van der Waals surface area contributed by atoms with E-state index in [0.29, 0.717) is 18.3 Å². The molecule has 2 aromatic rings. The van der Waals surface area contributed by atoms with E-state index in [1.807, 2.05) is 10.9 Å². The number of nitrogens with zero attached hydrogens (tertiary/aromatic N) is 3. The van der Waals surface area contributed by atoms with Gasteiger partial charge in [0.25, 0.3) is 5.91 Å². The molecule has 0 bridgehead atoms. The molecule has 1 unspecified atom stereocenters. The van der Waals surface area contributed by atoms with Gasteiger partial charge in [-0.05, 0) is 43.1 Å². The number of hydrogen-bond donors (Lipinski definition) is 1. The molecule has 0 radical (unpaired) electrons. The minimum Gasteiger partial charge on any atom is -0.336 e. The Bertz CT molecular complexity index is 661. The number of benzene rings is 1. The summed E-state index contributed by atoms with van der Waals surface area (Å²) in [6.07, 6.45) is 4.07. The van der Waals surface area contributed by atoms with E-state index in [4.69, 9.17) is 0 Å². The molecule has 1 aromatic carbocycles. The van der Waals surface area contributed by atoms with Gasteiger partial charge >= 0.3 is 0 Å². The van der Waals surface area contributed by atoms with Crippen LogP contribution in [0.25, 0.3) is 0 Å². The summed E-state index contributed by atoms with van der Waals surface area (Å²) in [6.45, 7) is 2.36. The molecule has 1 amide bonds. The molecule has 0 saturated carbocycles. The molecule has 5 nitrogen and oxygen atoms in total. The Morgan fingerprint density at radius 1 is 1.39 bits per heavy atom. The van der Waals surface area contributed by atoms with E-state index in [1.54, 1.807) is 30.1 Å². The Morgan fingerprint density at radius 3 is 2.87 bits per heavy atom. The summed E-state index contributed by atoms with van der Waals surface area (Å²) in [4.78, 5) is 14.1. The summed E-state index contributed by atoms with van der Waals surface area (Å²) in [5.41, 5.74) is 1.33. The number of amides is 1. The molecule has 1 aliphatic heterocycles. The summed E-state index contributed by atoms with van der Waals surface area (Å²) in [5.74, 6) is -0.403. The van der Waals surface area contributed by atoms with Crippen LogP contribution in [0.3, 0.4) is 0 Å². The molecule has 2 heterocycles. The van der Waals surface area contributed by atoms with E-state index in [2.05, 4.69) is 10.4 Å². The number of carbonyl (C=O) groups is 1. The van der Waals surface area contributed by atoms with E-state index in [-0.39, 0.29) is 11.7 Å². The minimum absolute atomic E-state index is 0.128. The molecule has 23 heavy (non-hydrogen) atoms. The average molecular weight is 316 g/mol. The van der Waals surface area contributed by atoms with Crippen molar-refractivity contribution < 1.29 is 9.18 Å². The number of nitrogens with one attached hydrogen (secondary N) is 1. The van der Waals surface area contributed by atoms with E-state index < -0.39 is 0 Å². The first-order chi connectivity index (χ1) is 11.1. The van der Waals surface area contributed by atoms with Gasteiger partial charge < -0.3 is 10.2 Å². The monoisotopic (exact) mass is 316 g/mol. The Kier molecular flexibility index (Phi) is 4.71. The third-order valence-electron chi connectivity index (χ3n) is 4.15. The predicted molar refractivity (Wildman–Crippen MR) is 85.6 cm³/mol. The summed E-state index contributed by atoms with van der Waals surface area (Å²) in [5, 5.41) is 7.78. The SMILES string of the molecule is CN(Cc1ccc(F)cc1)C(=O)c1ccn(C2CCCNC2)n1. The lowest BCUT2D eigenvalue weighted by molar-refractivity contribution is 0.0777. The quantitative estimate of drug-likeness (QED) is 0.941. The molecule has 1 atom stereocenters. The highest BCUT2D eigenvalue weighted by Gasteiger charge is 2.19. The zero-order chi connectivity index (χ0) is 16.2. The number of halogens is 1. The number of hydrogen-bond acceptors (Lipinski definition) is 3. The van der Waals surface area contributed by atoms with Gasteiger partial charge in [-0.15, -0.1) is 0 Å². The van der Waals surface area contributed by atoms with Crippen LogP contribution in [-0.4, -0.2) is 40.7 Å². The van der Waals surface area contributed by atoms with Gasteiger partial charge in [0, 0.05) is 26.3 Å². The van der Waals surface area contributed by atoms with Crippen molar-refractivity contribution in [2.75, 3.05) is 20.1 Å². The van der Waals surface area contributed by atoms with Crippen molar-refractivity contribution >= 4 is 5.91 Å². The van der Waals surface area contributed by atoms with Crippen molar-refractivity contribution in [1.29, 1.82) is 0 Å². The van der Waals surface area contributed by atoms with Crippen molar-refractivity contribution in [2.24, 2.45) is 0 Å². The van der Waals surface area contributed by atoms with Gasteiger partial charge in [-0.3, -0.25) is 9.48 Å². The third kappa shape index (κ3) is 3.76. The molecular formula is C17H21FN4O. The number of piperidine rings is 1. The van der Waals surface area contributed by atoms with E-state index >= 15 is 0 Å². The van der Waals surface area contributed by atoms with Crippen LogP contribution in [0.15, 0.2) is 36.5 Å². The third-order valence-corrected chi connectivity index (χ3v) is 4.15. The van der Waals surface area contributed by atoms with Crippen molar-refractivity contribution in [1.82, 2.24) is 20.0 Å². The number of aromatic nitrogens is 2. The topological polar surface area (TPSA) is 50.2 Å². The van der Waals surface area contributed by atoms with Crippen LogP contribution in [0.2, 0.25) is 0 Å². The first kappa shape index (κ1) is 15.7. The lowest BCUT2D eigenvalue weighted by atomic mass is 10.1. The molecule has 122 valence electrons. The molecule has 1 aromatic heterocycles. The lowest BCUT2D eigenvalue weighted by Crippen LogP contribution is -2.32. The largest absolute Gasteiger partial charge is 0.336 e. The van der Waals surface area contributed by atoms with Crippen molar-refractivity contribution in [2.45, 2.75) is 25.4 Å². The van der Waals surface area contributed by atoms with Crippen LogP contribution in [-0.2, 0) is 6.54 Å². The van der Waals surface area contributed by atoms with Crippen LogP contribution in [0.5, 0.6) is 0 Å². The predicted octanol–water partition coefficient (Wildman–Crippen LogP) is 2.22. The normalized spacial score (nSPS) is 17.9. The Morgan fingerprint density at radius 2 is 2.17 bits per heavy atom. The molecule has 6 heteroatoms. The number of rotatable bonds is 4. The molecular weight excluding hydrogens is 295 g/mol. The first-order valence-corrected chi connectivity index (χ1v) is 7.89. The maximum Gasteiger partial charge on any atom is 0.274 e. The van der Waals surface area contributed by atoms with Crippen molar-refractivity contribution in [3.8, 4) is 0 Å². The molecule has 0 aliphatic carbocycles. The Hall–Kier alpha value is -2.21. The molecule has 1 saturated heterocycles. The summed E-state index contributed by atoms with van der Waals surface area (Å²) >= 11 is 0. The average Bonchev–Trinajstić information content (AvgIpc) is 3.07. The van der Waals surface area contributed by atoms with Gasteiger partial charge in [-0.1, -0.05) is 12.1 Å². The maximum absolute atomic E-state index is 12.9. The fraction of sp³-hybridized carbons (Fsp3) is 0.412. The molecule has 1 aliphatic rings. The lowest BCUT2D eigenvalue weighted by Gasteiger charge is -2.23. The fourth-order valence-electron chi connectivity index (χ4n) is 2.85. The van der Waals surface area contributed by atoms with Gasteiger partial charge in [0.05, 0.1) is 6.04 Å².